The number of hydrogen-bond donors (Lipinski definition) is 1. The normalized spacial score (nSPS) is 11.7. The maximum Gasteiger partial charge on any atom is 0.388 e. The third-order valence-corrected chi connectivity index (χ3v) is 3.91. The molecule has 0 unspecified atom stereocenters. The predicted molar refractivity (Wildman–Crippen MR) is 97.9 cm³/mol. The Kier molecular flexibility index (Phi) is 5.48. The lowest BCUT2D eigenvalue weighted by molar-refractivity contribution is -0.0528. The Hall–Kier alpha value is -3.89. The number of carbonyl (C=O) groups is 1. The molecule has 0 aliphatic heterocycles. The Balaban J connectivity index is 2.38. The molecular weight excluding hydrogens is 390 g/mol. The number of nitrogens with zero attached hydrogens (tertiary/aromatic N) is 4. The van der Waals surface area contributed by atoms with E-state index in [1.807, 2.05) is 0 Å². The van der Waals surface area contributed by atoms with Crippen LogP contribution in [0.1, 0.15) is 23.0 Å². The standard InChI is InChI=1S/C18H14F2N4O5/c1-9(23-28-2)11-4-3-5-12-14(11)16(25)15(17(26)27)22-24(12)10-6-7-21-13(8-10)29-18(19)20/h3-8,18H,1-2H3,(H,26,27)/b23-9-. The molecule has 0 radical (unpaired) electrons. The third-order valence-electron chi connectivity index (χ3n) is 3.91. The number of hydrogen-bond acceptors (Lipinski definition) is 7. The zero-order chi connectivity index (χ0) is 21.1. The maximum atomic E-state index is 12.8. The highest BCUT2D eigenvalue weighted by atomic mass is 19.3. The molecule has 3 rings (SSSR count). The van der Waals surface area contributed by atoms with Crippen molar-refractivity contribution in [1.82, 2.24) is 14.8 Å². The quantitative estimate of drug-likeness (QED) is 0.495. The molecule has 0 saturated carbocycles. The molecule has 2 aromatic heterocycles. The van der Waals surface area contributed by atoms with E-state index in [1.54, 1.807) is 19.1 Å². The van der Waals surface area contributed by atoms with E-state index >= 15 is 0 Å². The lowest BCUT2D eigenvalue weighted by atomic mass is 10.0. The molecule has 11 heteroatoms. The fourth-order valence-electron chi connectivity index (χ4n) is 2.78. The van der Waals surface area contributed by atoms with Gasteiger partial charge in [0.25, 0.3) is 0 Å². The maximum absolute atomic E-state index is 12.8. The highest BCUT2D eigenvalue weighted by molar-refractivity contribution is 6.09. The second kappa shape index (κ2) is 8.00. The van der Waals surface area contributed by atoms with Gasteiger partial charge in [0, 0.05) is 17.8 Å². The number of aromatic nitrogens is 3. The van der Waals surface area contributed by atoms with Crippen molar-refractivity contribution in [3.8, 4) is 11.6 Å². The second-order valence-electron chi connectivity index (χ2n) is 5.68. The van der Waals surface area contributed by atoms with E-state index in [1.165, 1.54) is 25.4 Å². The lowest BCUT2D eigenvalue weighted by Gasteiger charge is -2.14. The van der Waals surface area contributed by atoms with Crippen LogP contribution in [-0.4, -0.2) is 45.3 Å². The van der Waals surface area contributed by atoms with Crippen LogP contribution >= 0.6 is 0 Å². The number of aromatic carboxylic acids is 1. The van der Waals surface area contributed by atoms with Crippen LogP contribution in [0.25, 0.3) is 16.6 Å². The highest BCUT2D eigenvalue weighted by Gasteiger charge is 2.21. The number of oxime groups is 1. The molecule has 9 nitrogen and oxygen atoms in total. The van der Waals surface area contributed by atoms with Gasteiger partial charge in [0.15, 0.2) is 0 Å². The van der Waals surface area contributed by atoms with Crippen molar-refractivity contribution in [1.29, 1.82) is 0 Å². The summed E-state index contributed by atoms with van der Waals surface area (Å²) >= 11 is 0. The van der Waals surface area contributed by atoms with Crippen molar-refractivity contribution in [2.24, 2.45) is 5.16 Å². The number of carboxylic acid groups (broad SMARTS) is 1. The van der Waals surface area contributed by atoms with Crippen molar-refractivity contribution in [3.63, 3.8) is 0 Å². The summed E-state index contributed by atoms with van der Waals surface area (Å²) < 4.78 is 30.5. The first kappa shape index (κ1) is 19.9. The molecule has 0 spiro atoms. The predicted octanol–water partition coefficient (Wildman–Crippen LogP) is 2.45. The molecule has 0 aliphatic rings. The summed E-state index contributed by atoms with van der Waals surface area (Å²) in [5.74, 6) is -1.93. The molecule has 2 heterocycles. The van der Waals surface area contributed by atoms with Crippen LogP contribution in [-0.2, 0) is 4.84 Å². The number of rotatable bonds is 6. The molecule has 1 N–H and O–H groups in total. The van der Waals surface area contributed by atoms with Gasteiger partial charge in [0.2, 0.25) is 17.0 Å². The molecule has 0 aliphatic carbocycles. The summed E-state index contributed by atoms with van der Waals surface area (Å²) in [6.45, 7) is -1.50. The zero-order valence-electron chi connectivity index (χ0n) is 15.2. The van der Waals surface area contributed by atoms with Crippen molar-refractivity contribution >= 4 is 22.6 Å². The van der Waals surface area contributed by atoms with Crippen molar-refractivity contribution in [2.45, 2.75) is 13.5 Å². The molecule has 29 heavy (non-hydrogen) atoms. The SMILES string of the molecule is CO/N=C(/C)c1cccc2c1c(=O)c(C(=O)O)nn2-c1ccnc(OC(F)F)c1. The number of halogens is 2. The van der Waals surface area contributed by atoms with Gasteiger partial charge >= 0.3 is 12.6 Å². The Morgan fingerprint density at radius 2 is 2.07 bits per heavy atom. The first-order chi connectivity index (χ1) is 13.8. The molecular formula is C18H14F2N4O5. The number of ether oxygens (including phenoxy) is 1. The van der Waals surface area contributed by atoms with Gasteiger partial charge in [-0.25, -0.2) is 14.5 Å². The minimum Gasteiger partial charge on any atom is -0.476 e. The Morgan fingerprint density at radius 1 is 1.31 bits per heavy atom. The van der Waals surface area contributed by atoms with Gasteiger partial charge in [-0.2, -0.15) is 13.9 Å². The van der Waals surface area contributed by atoms with Crippen LogP contribution in [0.3, 0.4) is 0 Å². The molecule has 0 fully saturated rings. The van der Waals surface area contributed by atoms with Gasteiger partial charge in [-0.15, -0.1) is 0 Å². The molecule has 0 bridgehead atoms. The van der Waals surface area contributed by atoms with Crippen LogP contribution in [0.15, 0.2) is 46.5 Å². The molecule has 1 aromatic carbocycles. The Labute approximate surface area is 161 Å². The van der Waals surface area contributed by atoms with Crippen molar-refractivity contribution in [3.05, 3.63) is 58.0 Å². The summed E-state index contributed by atoms with van der Waals surface area (Å²) in [5.41, 5.74) is -0.489. The second-order valence-corrected chi connectivity index (χ2v) is 5.68. The number of benzene rings is 1. The van der Waals surface area contributed by atoms with Gasteiger partial charge in [-0.3, -0.25) is 4.79 Å². The van der Waals surface area contributed by atoms with Gasteiger partial charge in [0.1, 0.15) is 7.11 Å². The summed E-state index contributed by atoms with van der Waals surface area (Å²) in [6, 6.07) is 7.28. The summed E-state index contributed by atoms with van der Waals surface area (Å²) in [7, 11) is 1.33. The van der Waals surface area contributed by atoms with E-state index < -0.39 is 29.6 Å². The number of alkyl halides is 2. The van der Waals surface area contributed by atoms with Gasteiger partial charge in [0.05, 0.1) is 22.3 Å². The topological polar surface area (TPSA) is 116 Å². The third kappa shape index (κ3) is 3.88. The molecule has 0 atom stereocenters. The van der Waals surface area contributed by atoms with Crippen LogP contribution < -0.4 is 10.2 Å². The summed E-state index contributed by atoms with van der Waals surface area (Å²) in [4.78, 5) is 32.8. The van der Waals surface area contributed by atoms with Crippen molar-refractivity contribution in [2.75, 3.05) is 7.11 Å². The number of pyridine rings is 1. The highest BCUT2D eigenvalue weighted by Crippen LogP contribution is 2.22. The molecule has 3 aromatic rings. The summed E-state index contributed by atoms with van der Waals surface area (Å²) in [6.07, 6.45) is 1.20. The first-order valence-corrected chi connectivity index (χ1v) is 8.12. The number of carboxylic acids is 1. The average Bonchev–Trinajstić information content (AvgIpc) is 2.67. The number of fused-ring (bicyclic) bond motifs is 1. The first-order valence-electron chi connectivity index (χ1n) is 8.12. The average molecular weight is 404 g/mol. The van der Waals surface area contributed by atoms with Crippen LogP contribution in [0.2, 0.25) is 0 Å². The summed E-state index contributed by atoms with van der Waals surface area (Å²) in [5, 5.41) is 17.2. The minimum absolute atomic E-state index is 0.0336. The van der Waals surface area contributed by atoms with Crippen LogP contribution in [0.4, 0.5) is 8.78 Å². The van der Waals surface area contributed by atoms with E-state index in [0.29, 0.717) is 11.3 Å². The monoisotopic (exact) mass is 404 g/mol. The zero-order valence-corrected chi connectivity index (χ0v) is 15.2. The smallest absolute Gasteiger partial charge is 0.388 e. The van der Waals surface area contributed by atoms with Crippen LogP contribution in [0.5, 0.6) is 5.88 Å². The molecule has 0 saturated heterocycles. The fraction of sp³-hybridized carbons (Fsp3) is 0.167. The van der Waals surface area contributed by atoms with Gasteiger partial charge in [-0.1, -0.05) is 17.3 Å². The van der Waals surface area contributed by atoms with E-state index in [-0.39, 0.29) is 16.6 Å². The van der Waals surface area contributed by atoms with Crippen molar-refractivity contribution < 1.29 is 28.3 Å². The largest absolute Gasteiger partial charge is 0.476 e. The van der Waals surface area contributed by atoms with E-state index in [9.17, 15) is 23.5 Å². The Morgan fingerprint density at radius 3 is 2.72 bits per heavy atom. The van der Waals surface area contributed by atoms with E-state index in [0.717, 1.165) is 10.7 Å². The minimum atomic E-state index is -3.09. The Bertz CT molecular complexity index is 1180. The van der Waals surface area contributed by atoms with E-state index in [2.05, 4.69) is 20.0 Å². The van der Waals surface area contributed by atoms with Gasteiger partial charge < -0.3 is 14.7 Å². The molecule has 150 valence electrons. The van der Waals surface area contributed by atoms with Crippen LogP contribution in [0, 0.1) is 0 Å². The lowest BCUT2D eigenvalue weighted by Crippen LogP contribution is -2.24. The van der Waals surface area contributed by atoms with Gasteiger partial charge in [-0.05, 0) is 19.1 Å². The fourth-order valence-corrected chi connectivity index (χ4v) is 2.78. The molecule has 0 amide bonds. The van der Waals surface area contributed by atoms with E-state index in [4.69, 9.17) is 4.84 Å².